The van der Waals surface area contributed by atoms with Crippen LogP contribution in [0.15, 0.2) is 54.7 Å². The number of benzene rings is 2. The van der Waals surface area contributed by atoms with E-state index in [-0.39, 0.29) is 0 Å². The summed E-state index contributed by atoms with van der Waals surface area (Å²) in [5.41, 5.74) is 1.74. The highest BCUT2D eigenvalue weighted by Gasteiger charge is 2.11. The lowest BCUT2D eigenvalue weighted by Gasteiger charge is -2.20. The minimum absolute atomic E-state index is 0.516. The Bertz CT molecular complexity index is 806. The van der Waals surface area contributed by atoms with Crippen LogP contribution in [0.25, 0.3) is 0 Å². The SMILES string of the molecule is CCN(c1ccccc1)c1nncc(Nc2cc(Cl)cc(Cl)c2)n1. The first-order valence-electron chi connectivity index (χ1n) is 7.41. The second-order valence-electron chi connectivity index (χ2n) is 5.00. The normalized spacial score (nSPS) is 10.5. The zero-order valence-electron chi connectivity index (χ0n) is 12.9. The molecule has 0 radical (unpaired) electrons. The van der Waals surface area contributed by atoms with Gasteiger partial charge in [0.05, 0.1) is 6.20 Å². The van der Waals surface area contributed by atoms with Crippen molar-refractivity contribution in [1.29, 1.82) is 0 Å². The predicted octanol–water partition coefficient (Wildman–Crippen LogP) is 5.08. The number of hydrogen-bond acceptors (Lipinski definition) is 5. The van der Waals surface area contributed by atoms with Crippen LogP contribution in [0.1, 0.15) is 6.92 Å². The number of nitrogens with zero attached hydrogens (tertiary/aromatic N) is 4. The second-order valence-corrected chi connectivity index (χ2v) is 5.88. The van der Waals surface area contributed by atoms with E-state index in [0.29, 0.717) is 21.8 Å². The molecule has 0 atom stereocenters. The van der Waals surface area contributed by atoms with Crippen molar-refractivity contribution in [2.45, 2.75) is 6.92 Å². The molecular formula is C17H15Cl2N5. The van der Waals surface area contributed by atoms with Gasteiger partial charge in [-0.25, -0.2) is 0 Å². The maximum Gasteiger partial charge on any atom is 0.251 e. The highest BCUT2D eigenvalue weighted by molar-refractivity contribution is 6.35. The summed E-state index contributed by atoms with van der Waals surface area (Å²) in [5.74, 6) is 1.08. The Morgan fingerprint density at radius 3 is 2.42 bits per heavy atom. The quantitative estimate of drug-likeness (QED) is 0.688. The molecule has 7 heteroatoms. The molecule has 0 aliphatic rings. The first-order valence-corrected chi connectivity index (χ1v) is 8.16. The third-order valence-corrected chi connectivity index (χ3v) is 3.74. The Balaban J connectivity index is 1.88. The van der Waals surface area contributed by atoms with Crippen molar-refractivity contribution in [2.24, 2.45) is 0 Å². The van der Waals surface area contributed by atoms with E-state index in [9.17, 15) is 0 Å². The van der Waals surface area contributed by atoms with Gasteiger partial charge in [0, 0.05) is 28.0 Å². The summed E-state index contributed by atoms with van der Waals surface area (Å²) in [6.45, 7) is 2.76. The van der Waals surface area contributed by atoms with Crippen molar-refractivity contribution in [3.05, 3.63) is 64.8 Å². The van der Waals surface area contributed by atoms with E-state index in [4.69, 9.17) is 23.2 Å². The number of anilines is 4. The molecular weight excluding hydrogens is 345 g/mol. The van der Waals surface area contributed by atoms with Crippen LogP contribution in [0, 0.1) is 0 Å². The summed E-state index contributed by atoms with van der Waals surface area (Å²) in [7, 11) is 0. The molecule has 5 nitrogen and oxygen atoms in total. The van der Waals surface area contributed by atoms with Gasteiger partial charge in [-0.2, -0.15) is 10.1 Å². The molecule has 0 aliphatic heterocycles. The lowest BCUT2D eigenvalue weighted by Crippen LogP contribution is -2.19. The van der Waals surface area contributed by atoms with Gasteiger partial charge in [0.25, 0.3) is 5.95 Å². The van der Waals surface area contributed by atoms with E-state index in [0.717, 1.165) is 17.9 Å². The summed E-state index contributed by atoms with van der Waals surface area (Å²) in [6, 6.07) is 15.1. The van der Waals surface area contributed by atoms with Gasteiger partial charge in [-0.3, -0.25) is 0 Å². The van der Waals surface area contributed by atoms with Gasteiger partial charge >= 0.3 is 0 Å². The van der Waals surface area contributed by atoms with E-state index >= 15 is 0 Å². The van der Waals surface area contributed by atoms with Gasteiger partial charge in [-0.1, -0.05) is 41.4 Å². The van der Waals surface area contributed by atoms with Crippen molar-refractivity contribution in [3.8, 4) is 0 Å². The van der Waals surface area contributed by atoms with Crippen LogP contribution in [0.3, 0.4) is 0 Å². The van der Waals surface area contributed by atoms with E-state index in [1.165, 1.54) is 0 Å². The van der Waals surface area contributed by atoms with Crippen LogP contribution in [-0.4, -0.2) is 21.7 Å². The van der Waals surface area contributed by atoms with E-state index in [1.807, 2.05) is 42.2 Å². The molecule has 1 N–H and O–H groups in total. The van der Waals surface area contributed by atoms with Crippen molar-refractivity contribution in [3.63, 3.8) is 0 Å². The molecule has 0 saturated carbocycles. The zero-order chi connectivity index (χ0) is 16.9. The molecule has 0 amide bonds. The zero-order valence-corrected chi connectivity index (χ0v) is 14.5. The summed E-state index contributed by atoms with van der Waals surface area (Å²) in [4.78, 5) is 6.51. The average Bonchev–Trinajstić information content (AvgIpc) is 2.56. The first-order chi connectivity index (χ1) is 11.7. The number of aromatic nitrogens is 3. The van der Waals surface area contributed by atoms with Crippen LogP contribution >= 0.6 is 23.2 Å². The molecule has 1 heterocycles. The number of halogens is 2. The monoisotopic (exact) mass is 359 g/mol. The minimum Gasteiger partial charge on any atom is -0.339 e. The summed E-state index contributed by atoms with van der Waals surface area (Å²) in [6.07, 6.45) is 1.55. The summed E-state index contributed by atoms with van der Waals surface area (Å²) in [5, 5.41) is 12.4. The third-order valence-electron chi connectivity index (χ3n) is 3.31. The van der Waals surface area contributed by atoms with Crippen LogP contribution in [0.2, 0.25) is 10.0 Å². The fraction of sp³-hybridized carbons (Fsp3) is 0.118. The Hall–Kier alpha value is -2.37. The molecule has 0 fully saturated rings. The Kier molecular flexibility index (Phi) is 5.13. The maximum absolute atomic E-state index is 6.02. The van der Waals surface area contributed by atoms with Crippen molar-refractivity contribution in [1.82, 2.24) is 15.2 Å². The van der Waals surface area contributed by atoms with E-state index in [1.54, 1.807) is 24.4 Å². The number of rotatable bonds is 5. The maximum atomic E-state index is 6.02. The molecule has 0 unspecified atom stereocenters. The lowest BCUT2D eigenvalue weighted by molar-refractivity contribution is 0.887. The Labute approximate surface area is 150 Å². The van der Waals surface area contributed by atoms with E-state index in [2.05, 4.69) is 20.5 Å². The predicted molar refractivity (Wildman–Crippen MR) is 98.7 cm³/mol. The van der Waals surface area contributed by atoms with Gasteiger partial charge in [0.2, 0.25) is 0 Å². The minimum atomic E-state index is 0.516. The van der Waals surface area contributed by atoms with Gasteiger partial charge in [-0.15, -0.1) is 5.10 Å². The summed E-state index contributed by atoms with van der Waals surface area (Å²) >= 11 is 12.0. The molecule has 3 aromatic rings. The third kappa shape index (κ3) is 3.93. The Morgan fingerprint density at radius 1 is 1.04 bits per heavy atom. The highest BCUT2D eigenvalue weighted by atomic mass is 35.5. The van der Waals surface area contributed by atoms with Crippen LogP contribution in [0.5, 0.6) is 0 Å². The van der Waals surface area contributed by atoms with Gasteiger partial charge < -0.3 is 10.2 Å². The Morgan fingerprint density at radius 2 is 1.75 bits per heavy atom. The van der Waals surface area contributed by atoms with E-state index < -0.39 is 0 Å². The summed E-state index contributed by atoms with van der Waals surface area (Å²) < 4.78 is 0. The van der Waals surface area contributed by atoms with Gasteiger partial charge in [-0.05, 0) is 37.3 Å². The number of para-hydroxylation sites is 1. The lowest BCUT2D eigenvalue weighted by atomic mass is 10.3. The molecule has 0 spiro atoms. The molecule has 2 aromatic carbocycles. The molecule has 1 aromatic heterocycles. The molecule has 0 saturated heterocycles. The van der Waals surface area contributed by atoms with Crippen molar-refractivity contribution >= 4 is 46.3 Å². The van der Waals surface area contributed by atoms with Crippen LogP contribution in [-0.2, 0) is 0 Å². The molecule has 122 valence electrons. The second kappa shape index (κ2) is 7.47. The number of hydrogen-bond donors (Lipinski definition) is 1. The molecule has 0 bridgehead atoms. The topological polar surface area (TPSA) is 53.9 Å². The standard InChI is InChI=1S/C17H15Cl2N5/c1-2-24(15-6-4-3-5-7-15)17-22-16(11-20-23-17)21-14-9-12(18)8-13(19)10-14/h3-11H,2H2,1H3,(H,21,22,23). The number of nitrogens with one attached hydrogen (secondary N) is 1. The molecule has 24 heavy (non-hydrogen) atoms. The van der Waals surface area contributed by atoms with Gasteiger partial charge in [0.1, 0.15) is 0 Å². The van der Waals surface area contributed by atoms with Crippen LogP contribution in [0.4, 0.5) is 23.1 Å². The van der Waals surface area contributed by atoms with Crippen molar-refractivity contribution < 1.29 is 0 Å². The fourth-order valence-electron chi connectivity index (χ4n) is 2.29. The fourth-order valence-corrected chi connectivity index (χ4v) is 2.82. The van der Waals surface area contributed by atoms with Crippen molar-refractivity contribution in [2.75, 3.05) is 16.8 Å². The van der Waals surface area contributed by atoms with Crippen LogP contribution < -0.4 is 10.2 Å². The highest BCUT2D eigenvalue weighted by Crippen LogP contribution is 2.26. The largest absolute Gasteiger partial charge is 0.339 e. The van der Waals surface area contributed by atoms with Gasteiger partial charge in [0.15, 0.2) is 5.82 Å². The molecule has 0 aliphatic carbocycles. The average molecular weight is 360 g/mol. The molecule has 3 rings (SSSR count). The first kappa shape index (κ1) is 16.5. The smallest absolute Gasteiger partial charge is 0.251 e.